The van der Waals surface area contributed by atoms with Crippen LogP contribution in [0.2, 0.25) is 0 Å². The number of nitrogens with zero attached hydrogens (tertiary/aromatic N) is 1. The third kappa shape index (κ3) is 5.50. The van der Waals surface area contributed by atoms with Gasteiger partial charge in [-0.15, -0.1) is 0 Å². The van der Waals surface area contributed by atoms with Gasteiger partial charge >= 0.3 is 5.97 Å². The Morgan fingerprint density at radius 3 is 2.39 bits per heavy atom. The third-order valence-electron chi connectivity index (χ3n) is 6.15. The smallest absolute Gasteiger partial charge is 0.342 e. The van der Waals surface area contributed by atoms with E-state index in [1.807, 2.05) is 13.0 Å². The summed E-state index contributed by atoms with van der Waals surface area (Å²) >= 11 is 0. The van der Waals surface area contributed by atoms with Crippen LogP contribution in [0.15, 0.2) is 12.1 Å². The first-order valence-corrected chi connectivity index (χ1v) is 10.9. The van der Waals surface area contributed by atoms with E-state index in [9.17, 15) is 24.3 Å². The van der Waals surface area contributed by atoms with Gasteiger partial charge in [0.2, 0.25) is 11.6 Å². The third-order valence-corrected chi connectivity index (χ3v) is 6.15. The molecule has 2 heterocycles. The van der Waals surface area contributed by atoms with Gasteiger partial charge in [-0.3, -0.25) is 14.4 Å². The van der Waals surface area contributed by atoms with E-state index >= 15 is 0 Å². The van der Waals surface area contributed by atoms with Crippen LogP contribution >= 0.6 is 0 Å². The van der Waals surface area contributed by atoms with Crippen LogP contribution in [0.5, 0.6) is 5.75 Å². The van der Waals surface area contributed by atoms with Crippen molar-refractivity contribution < 1.29 is 29.0 Å². The van der Waals surface area contributed by atoms with Crippen molar-refractivity contribution in [3.05, 3.63) is 23.3 Å². The number of hydrogen-bond donors (Lipinski definition) is 2. The van der Waals surface area contributed by atoms with E-state index in [2.05, 4.69) is 10.2 Å². The molecule has 0 unspecified atom stereocenters. The molecule has 1 saturated heterocycles. The van der Waals surface area contributed by atoms with E-state index in [0.717, 1.165) is 31.9 Å². The van der Waals surface area contributed by atoms with E-state index in [1.165, 1.54) is 0 Å². The number of carbonyl (C=O) groups is 4. The van der Waals surface area contributed by atoms with Crippen molar-refractivity contribution in [2.75, 3.05) is 31.1 Å². The van der Waals surface area contributed by atoms with E-state index in [-0.39, 0.29) is 36.5 Å². The summed E-state index contributed by atoms with van der Waals surface area (Å²) in [5.41, 5.74) is 1.47. The molecule has 8 heteroatoms. The Labute approximate surface area is 181 Å². The fraction of sp³-hybridized carbons (Fsp3) is 0.565. The SMILES string of the molecule is C[C@@H]1CCC(=O)C(=O)C(=O)CCCc2cc(N3CCNCC3)cc(O)c2C(=O)O[C@H]1C. The molecule has 1 aromatic rings. The number of piperazine rings is 1. The van der Waals surface area contributed by atoms with E-state index in [0.29, 0.717) is 18.4 Å². The molecule has 2 aliphatic heterocycles. The zero-order valence-corrected chi connectivity index (χ0v) is 18.1. The van der Waals surface area contributed by atoms with Gasteiger partial charge in [0, 0.05) is 50.8 Å². The zero-order chi connectivity index (χ0) is 22.5. The maximum atomic E-state index is 12.9. The monoisotopic (exact) mass is 430 g/mol. The number of nitrogens with one attached hydrogen (secondary N) is 1. The number of aryl methyl sites for hydroxylation is 1. The summed E-state index contributed by atoms with van der Waals surface area (Å²) in [5, 5.41) is 14.0. The maximum Gasteiger partial charge on any atom is 0.342 e. The summed E-state index contributed by atoms with van der Waals surface area (Å²) in [7, 11) is 0. The first-order chi connectivity index (χ1) is 14.8. The molecule has 2 atom stereocenters. The predicted molar refractivity (Wildman–Crippen MR) is 114 cm³/mol. The number of benzene rings is 1. The minimum Gasteiger partial charge on any atom is -0.507 e. The van der Waals surface area contributed by atoms with Crippen LogP contribution in [0, 0.1) is 5.92 Å². The lowest BCUT2D eigenvalue weighted by Crippen LogP contribution is -2.43. The first kappa shape index (κ1) is 22.9. The summed E-state index contributed by atoms with van der Waals surface area (Å²) < 4.78 is 5.60. The number of anilines is 1. The molecule has 0 spiro atoms. The molecule has 8 nitrogen and oxygen atoms in total. The second kappa shape index (κ2) is 10.0. The lowest BCUT2D eigenvalue weighted by Gasteiger charge is -2.30. The molecule has 0 amide bonds. The largest absolute Gasteiger partial charge is 0.507 e. The quantitative estimate of drug-likeness (QED) is 0.512. The number of phenolic OH excluding ortho intramolecular Hbond substituents is 1. The summed E-state index contributed by atoms with van der Waals surface area (Å²) in [6.07, 6.45) is 0.262. The fourth-order valence-corrected chi connectivity index (χ4v) is 3.97. The highest BCUT2D eigenvalue weighted by molar-refractivity contribution is 6.63. The number of ether oxygens (including phenoxy) is 1. The van der Waals surface area contributed by atoms with Gasteiger partial charge in [0.25, 0.3) is 5.78 Å². The van der Waals surface area contributed by atoms with Gasteiger partial charge in [0.05, 0.1) is 0 Å². The summed E-state index contributed by atoms with van der Waals surface area (Å²) in [5.74, 6) is -3.30. The molecule has 1 fully saturated rings. The van der Waals surface area contributed by atoms with Crippen molar-refractivity contribution in [2.45, 2.75) is 52.1 Å². The number of fused-ring (bicyclic) bond motifs is 1. The number of hydrogen-bond acceptors (Lipinski definition) is 8. The maximum absolute atomic E-state index is 12.9. The molecule has 0 aromatic heterocycles. The van der Waals surface area contributed by atoms with Crippen LogP contribution < -0.4 is 10.2 Å². The van der Waals surface area contributed by atoms with Crippen LogP contribution in [0.4, 0.5) is 5.69 Å². The molecule has 0 aliphatic carbocycles. The summed E-state index contributed by atoms with van der Waals surface area (Å²) in [4.78, 5) is 51.3. The summed E-state index contributed by atoms with van der Waals surface area (Å²) in [6.45, 7) is 6.72. The lowest BCUT2D eigenvalue weighted by atomic mass is 9.94. The molecule has 168 valence electrons. The Kier molecular flexibility index (Phi) is 7.43. The van der Waals surface area contributed by atoms with Crippen LogP contribution in [0.25, 0.3) is 0 Å². The van der Waals surface area contributed by atoms with E-state index in [1.54, 1.807) is 13.0 Å². The van der Waals surface area contributed by atoms with Gasteiger partial charge < -0.3 is 20.1 Å². The number of Topliss-reactive ketones (excluding diaryl/α,β-unsaturated/α-hetero) is 3. The molecule has 31 heavy (non-hydrogen) atoms. The van der Waals surface area contributed by atoms with Crippen molar-refractivity contribution in [1.82, 2.24) is 5.32 Å². The van der Waals surface area contributed by atoms with Gasteiger partial charge in [-0.2, -0.15) is 0 Å². The number of cyclic esters (lactones) is 1. The normalized spacial score (nSPS) is 24.4. The lowest BCUT2D eigenvalue weighted by molar-refractivity contribution is -0.144. The zero-order valence-electron chi connectivity index (χ0n) is 18.1. The molecule has 0 bridgehead atoms. The Balaban J connectivity index is 1.94. The van der Waals surface area contributed by atoms with Gasteiger partial charge in [0.15, 0.2) is 0 Å². The van der Waals surface area contributed by atoms with Gasteiger partial charge in [-0.25, -0.2) is 4.79 Å². The molecule has 2 aliphatic rings. The Hall–Kier alpha value is -2.74. The van der Waals surface area contributed by atoms with Gasteiger partial charge in [-0.1, -0.05) is 6.92 Å². The number of ketones is 3. The van der Waals surface area contributed by atoms with Crippen LogP contribution in [-0.2, 0) is 25.5 Å². The number of carbonyl (C=O) groups excluding carboxylic acids is 4. The van der Waals surface area contributed by atoms with E-state index < -0.39 is 29.4 Å². The average Bonchev–Trinajstić information content (AvgIpc) is 2.76. The van der Waals surface area contributed by atoms with Crippen LogP contribution in [-0.4, -0.2) is 60.7 Å². The minimum atomic E-state index is -0.952. The Morgan fingerprint density at radius 1 is 1.00 bits per heavy atom. The highest BCUT2D eigenvalue weighted by Gasteiger charge is 2.28. The second-order valence-corrected chi connectivity index (χ2v) is 8.39. The number of phenols is 1. The minimum absolute atomic E-state index is 0.0521. The topological polar surface area (TPSA) is 113 Å². The fourth-order valence-electron chi connectivity index (χ4n) is 3.97. The molecule has 1 aromatic carbocycles. The van der Waals surface area contributed by atoms with Crippen molar-refractivity contribution in [1.29, 1.82) is 0 Å². The highest BCUT2D eigenvalue weighted by atomic mass is 16.5. The first-order valence-electron chi connectivity index (χ1n) is 10.9. The predicted octanol–water partition coefficient (Wildman–Crippen LogP) is 1.81. The standard InChI is InChI=1S/C23H30N2O6/c1-14-6-7-19(27)22(29)18(26)5-3-4-16-12-17(25-10-8-24-9-11-25)13-20(28)21(16)23(30)31-15(14)2/h12-15,24,28H,3-11H2,1-2H3/t14-,15+/m1/s1. The number of rotatable bonds is 1. The van der Waals surface area contributed by atoms with Crippen LogP contribution in [0.3, 0.4) is 0 Å². The molecule has 0 radical (unpaired) electrons. The second-order valence-electron chi connectivity index (χ2n) is 8.39. The van der Waals surface area contributed by atoms with Gasteiger partial charge in [-0.05, 0) is 43.7 Å². The molecule has 2 N–H and O–H groups in total. The Morgan fingerprint density at radius 2 is 1.68 bits per heavy atom. The molecular weight excluding hydrogens is 400 g/mol. The molecule has 0 saturated carbocycles. The van der Waals surface area contributed by atoms with Crippen molar-refractivity contribution >= 4 is 29.0 Å². The van der Waals surface area contributed by atoms with Gasteiger partial charge in [0.1, 0.15) is 17.4 Å². The number of aromatic hydroxyl groups is 1. The number of esters is 1. The molecular formula is C23H30N2O6. The van der Waals surface area contributed by atoms with Crippen LogP contribution in [0.1, 0.15) is 55.5 Å². The highest BCUT2D eigenvalue weighted by Crippen LogP contribution is 2.32. The van der Waals surface area contributed by atoms with Crippen molar-refractivity contribution in [2.24, 2.45) is 5.92 Å². The Bertz CT molecular complexity index is 875. The average molecular weight is 431 g/mol. The molecule has 3 rings (SSSR count). The van der Waals surface area contributed by atoms with Crippen molar-refractivity contribution in [3.63, 3.8) is 0 Å². The van der Waals surface area contributed by atoms with Crippen molar-refractivity contribution in [3.8, 4) is 5.75 Å². The van der Waals surface area contributed by atoms with E-state index in [4.69, 9.17) is 4.74 Å². The summed E-state index contributed by atoms with van der Waals surface area (Å²) in [6, 6.07) is 3.43.